The SMILES string of the molecule is CCOc1ccc(-n2cnc(-c3ccc(C(=O)O)cc3)c2)cc1C12CC3CC(CC(C3)C1)C2. The standard InChI is InChI=1S/C28H30N2O3/c1-2-33-26-8-7-23(12-24(26)28-13-18-9-19(14-28)11-20(10-18)15-28)30-16-25(29-17-30)21-3-5-22(6-4-21)27(31)32/h3-8,12,16-20H,2,9-11,13-15H2,1H3,(H,31,32). The Morgan fingerprint density at radius 2 is 1.73 bits per heavy atom. The number of carboxylic acids is 1. The molecule has 170 valence electrons. The Labute approximate surface area is 194 Å². The summed E-state index contributed by atoms with van der Waals surface area (Å²) in [5, 5.41) is 9.14. The van der Waals surface area contributed by atoms with Crippen LogP contribution in [0.25, 0.3) is 16.9 Å². The lowest BCUT2D eigenvalue weighted by Gasteiger charge is -2.57. The first-order valence-corrected chi connectivity index (χ1v) is 12.2. The Bertz CT molecular complexity index is 1160. The number of ether oxygens (including phenoxy) is 1. The molecule has 0 saturated heterocycles. The zero-order valence-corrected chi connectivity index (χ0v) is 19.0. The van der Waals surface area contributed by atoms with Crippen LogP contribution in [0.1, 0.15) is 61.4 Å². The van der Waals surface area contributed by atoms with Crippen LogP contribution in [0.15, 0.2) is 55.0 Å². The molecule has 4 aliphatic carbocycles. The molecule has 5 nitrogen and oxygen atoms in total. The van der Waals surface area contributed by atoms with Gasteiger partial charge in [-0.1, -0.05) is 12.1 Å². The smallest absolute Gasteiger partial charge is 0.335 e. The highest BCUT2D eigenvalue weighted by atomic mass is 16.5. The second-order valence-electron chi connectivity index (χ2n) is 10.4. The summed E-state index contributed by atoms with van der Waals surface area (Å²) < 4.78 is 8.22. The molecule has 1 aromatic heterocycles. The number of rotatable bonds is 6. The van der Waals surface area contributed by atoms with Gasteiger partial charge in [-0.05, 0) is 98.9 Å². The zero-order valence-electron chi connectivity index (χ0n) is 19.0. The maximum absolute atomic E-state index is 11.1. The van der Waals surface area contributed by atoms with E-state index in [1.165, 1.54) is 44.1 Å². The number of hydrogen-bond donors (Lipinski definition) is 1. The van der Waals surface area contributed by atoms with Crippen molar-refractivity contribution in [3.63, 3.8) is 0 Å². The van der Waals surface area contributed by atoms with Gasteiger partial charge in [0, 0.05) is 23.0 Å². The first-order valence-electron chi connectivity index (χ1n) is 12.2. The van der Waals surface area contributed by atoms with Gasteiger partial charge in [-0.2, -0.15) is 0 Å². The average molecular weight is 443 g/mol. The molecule has 1 heterocycles. The van der Waals surface area contributed by atoms with Crippen LogP contribution < -0.4 is 4.74 Å². The van der Waals surface area contributed by atoms with Crippen molar-refractivity contribution < 1.29 is 14.6 Å². The van der Waals surface area contributed by atoms with Crippen molar-refractivity contribution in [3.8, 4) is 22.7 Å². The van der Waals surface area contributed by atoms with E-state index in [2.05, 4.69) is 34.7 Å². The van der Waals surface area contributed by atoms with Gasteiger partial charge in [-0.25, -0.2) is 9.78 Å². The van der Waals surface area contributed by atoms with Crippen LogP contribution in [0.4, 0.5) is 0 Å². The summed E-state index contributed by atoms with van der Waals surface area (Å²) in [7, 11) is 0. The van der Waals surface area contributed by atoms with Gasteiger partial charge in [0.2, 0.25) is 0 Å². The molecule has 0 atom stereocenters. The second kappa shape index (κ2) is 7.75. The molecule has 4 saturated carbocycles. The zero-order chi connectivity index (χ0) is 22.6. The first-order chi connectivity index (χ1) is 16.0. The fraction of sp³-hybridized carbons (Fsp3) is 0.429. The third kappa shape index (κ3) is 3.54. The second-order valence-corrected chi connectivity index (χ2v) is 10.4. The fourth-order valence-corrected chi connectivity index (χ4v) is 7.21. The van der Waals surface area contributed by atoms with Crippen LogP contribution in [0.2, 0.25) is 0 Å². The summed E-state index contributed by atoms with van der Waals surface area (Å²) in [6, 6.07) is 13.5. The number of benzene rings is 2. The van der Waals surface area contributed by atoms with Gasteiger partial charge in [0.1, 0.15) is 5.75 Å². The van der Waals surface area contributed by atoms with Crippen molar-refractivity contribution in [1.82, 2.24) is 9.55 Å². The minimum absolute atomic E-state index is 0.255. The van der Waals surface area contributed by atoms with E-state index in [-0.39, 0.29) is 11.0 Å². The molecular weight excluding hydrogens is 412 g/mol. The minimum Gasteiger partial charge on any atom is -0.494 e. The number of aromatic carboxylic acids is 1. The molecule has 7 rings (SSSR count). The van der Waals surface area contributed by atoms with Gasteiger partial charge in [0.05, 0.1) is 24.2 Å². The Kier molecular flexibility index (Phi) is 4.82. The van der Waals surface area contributed by atoms with Crippen molar-refractivity contribution in [2.75, 3.05) is 6.61 Å². The number of carbonyl (C=O) groups is 1. The van der Waals surface area contributed by atoms with E-state index in [4.69, 9.17) is 9.84 Å². The molecule has 4 fully saturated rings. The number of hydrogen-bond acceptors (Lipinski definition) is 3. The van der Waals surface area contributed by atoms with E-state index in [9.17, 15) is 4.79 Å². The lowest BCUT2D eigenvalue weighted by atomic mass is 9.48. The van der Waals surface area contributed by atoms with Crippen LogP contribution in [0.5, 0.6) is 5.75 Å². The molecular formula is C28H30N2O3. The average Bonchev–Trinajstić information content (AvgIpc) is 3.29. The van der Waals surface area contributed by atoms with Crippen LogP contribution in [-0.4, -0.2) is 27.2 Å². The van der Waals surface area contributed by atoms with E-state index in [0.717, 1.165) is 40.4 Å². The fourth-order valence-electron chi connectivity index (χ4n) is 7.21. The van der Waals surface area contributed by atoms with Gasteiger partial charge >= 0.3 is 5.97 Å². The minimum atomic E-state index is -0.918. The third-order valence-corrected chi connectivity index (χ3v) is 8.18. The van der Waals surface area contributed by atoms with Crippen molar-refractivity contribution in [3.05, 3.63) is 66.1 Å². The molecule has 0 spiro atoms. The van der Waals surface area contributed by atoms with Gasteiger partial charge in [0.25, 0.3) is 0 Å². The van der Waals surface area contributed by atoms with Crippen LogP contribution >= 0.6 is 0 Å². The molecule has 2 aromatic carbocycles. The molecule has 0 amide bonds. The number of imidazole rings is 1. The largest absolute Gasteiger partial charge is 0.494 e. The monoisotopic (exact) mass is 442 g/mol. The van der Waals surface area contributed by atoms with Gasteiger partial charge in [0.15, 0.2) is 0 Å². The predicted octanol–water partition coefficient (Wildman–Crippen LogP) is 6.10. The quantitative estimate of drug-likeness (QED) is 0.501. The molecule has 0 aliphatic heterocycles. The highest BCUT2D eigenvalue weighted by molar-refractivity contribution is 5.88. The Morgan fingerprint density at radius 3 is 2.33 bits per heavy atom. The molecule has 4 bridgehead atoms. The lowest BCUT2D eigenvalue weighted by molar-refractivity contribution is -0.00633. The third-order valence-electron chi connectivity index (χ3n) is 8.18. The van der Waals surface area contributed by atoms with Crippen LogP contribution in [-0.2, 0) is 5.41 Å². The number of aromatic nitrogens is 2. The molecule has 4 aliphatic rings. The molecule has 1 N–H and O–H groups in total. The maximum atomic E-state index is 11.1. The Hall–Kier alpha value is -3.08. The van der Waals surface area contributed by atoms with Gasteiger partial charge in [-0.3, -0.25) is 0 Å². The molecule has 0 radical (unpaired) electrons. The molecule has 5 heteroatoms. The Balaban J connectivity index is 1.36. The summed E-state index contributed by atoms with van der Waals surface area (Å²) in [6.45, 7) is 2.75. The summed E-state index contributed by atoms with van der Waals surface area (Å²) in [6.07, 6.45) is 12.0. The van der Waals surface area contributed by atoms with Crippen molar-refractivity contribution >= 4 is 5.97 Å². The number of carboxylic acid groups (broad SMARTS) is 1. The van der Waals surface area contributed by atoms with E-state index in [0.29, 0.717) is 6.61 Å². The molecule has 3 aromatic rings. The van der Waals surface area contributed by atoms with Gasteiger partial charge in [-0.15, -0.1) is 0 Å². The van der Waals surface area contributed by atoms with Crippen LogP contribution in [0.3, 0.4) is 0 Å². The normalized spacial score (nSPS) is 27.6. The lowest BCUT2D eigenvalue weighted by Crippen LogP contribution is -2.48. The summed E-state index contributed by atoms with van der Waals surface area (Å²) >= 11 is 0. The molecule has 33 heavy (non-hydrogen) atoms. The van der Waals surface area contributed by atoms with Crippen molar-refractivity contribution in [2.45, 2.75) is 50.9 Å². The van der Waals surface area contributed by atoms with Gasteiger partial charge < -0.3 is 14.4 Å². The molecule has 0 unspecified atom stereocenters. The van der Waals surface area contributed by atoms with Crippen molar-refractivity contribution in [1.29, 1.82) is 0 Å². The van der Waals surface area contributed by atoms with E-state index in [1.54, 1.807) is 12.1 Å². The summed E-state index contributed by atoms with van der Waals surface area (Å²) in [5.74, 6) is 2.76. The maximum Gasteiger partial charge on any atom is 0.335 e. The number of nitrogens with zero attached hydrogens (tertiary/aromatic N) is 2. The summed E-state index contributed by atoms with van der Waals surface area (Å²) in [5.41, 5.74) is 4.77. The predicted molar refractivity (Wildman–Crippen MR) is 127 cm³/mol. The van der Waals surface area contributed by atoms with E-state index >= 15 is 0 Å². The highest BCUT2D eigenvalue weighted by Crippen LogP contribution is 2.62. The summed E-state index contributed by atoms with van der Waals surface area (Å²) in [4.78, 5) is 15.7. The van der Waals surface area contributed by atoms with Crippen LogP contribution in [0, 0.1) is 17.8 Å². The van der Waals surface area contributed by atoms with E-state index in [1.807, 2.05) is 24.7 Å². The Morgan fingerprint density at radius 1 is 1.06 bits per heavy atom. The first kappa shape index (κ1) is 20.5. The van der Waals surface area contributed by atoms with Crippen molar-refractivity contribution in [2.24, 2.45) is 17.8 Å². The topological polar surface area (TPSA) is 64.4 Å². The highest BCUT2D eigenvalue weighted by Gasteiger charge is 2.52. The van der Waals surface area contributed by atoms with E-state index < -0.39 is 5.97 Å².